The highest BCUT2D eigenvalue weighted by Gasteiger charge is 2.49. The van der Waals surface area contributed by atoms with Crippen molar-refractivity contribution in [3.05, 3.63) is 77.3 Å². The van der Waals surface area contributed by atoms with Crippen molar-refractivity contribution in [1.29, 1.82) is 0 Å². The summed E-state index contributed by atoms with van der Waals surface area (Å²) in [4.78, 5) is 30.3. The number of aromatic nitrogens is 1. The van der Waals surface area contributed by atoms with Crippen molar-refractivity contribution in [2.75, 3.05) is 19.1 Å². The predicted molar refractivity (Wildman–Crippen MR) is 133 cm³/mol. The van der Waals surface area contributed by atoms with Crippen molar-refractivity contribution in [3.63, 3.8) is 0 Å². The lowest BCUT2D eigenvalue weighted by atomic mass is 9.93. The number of carbonyl (C=O) groups is 2. The highest BCUT2D eigenvalue weighted by Crippen LogP contribution is 2.42. The Balaban J connectivity index is 1.61. The van der Waals surface area contributed by atoms with Gasteiger partial charge in [-0.2, -0.15) is 0 Å². The maximum Gasteiger partial charge on any atom is 0.276 e. The van der Waals surface area contributed by atoms with Crippen LogP contribution in [0.5, 0.6) is 11.5 Å². The zero-order chi connectivity index (χ0) is 23.9. The summed E-state index contributed by atoms with van der Waals surface area (Å²) >= 11 is 1.56. The van der Waals surface area contributed by atoms with Crippen molar-refractivity contribution in [2.45, 2.75) is 25.6 Å². The average Bonchev–Trinajstić information content (AvgIpc) is 3.46. The lowest BCUT2D eigenvalue weighted by Gasteiger charge is -2.44. The van der Waals surface area contributed by atoms with E-state index in [4.69, 9.17) is 9.47 Å². The van der Waals surface area contributed by atoms with E-state index in [0.717, 1.165) is 15.8 Å². The largest absolute Gasteiger partial charge is 0.497 e. The molecule has 7 nitrogen and oxygen atoms in total. The molecule has 1 atom stereocenters. The Morgan fingerprint density at radius 3 is 2.62 bits per heavy atom. The van der Waals surface area contributed by atoms with Crippen molar-refractivity contribution >= 4 is 39.1 Å². The van der Waals surface area contributed by atoms with Crippen molar-refractivity contribution < 1.29 is 19.1 Å². The van der Waals surface area contributed by atoms with Gasteiger partial charge in [0.05, 0.1) is 26.5 Å². The van der Waals surface area contributed by atoms with Gasteiger partial charge in [0.2, 0.25) is 5.91 Å². The minimum Gasteiger partial charge on any atom is -0.497 e. The van der Waals surface area contributed by atoms with Gasteiger partial charge in [-0.3, -0.25) is 14.5 Å². The summed E-state index contributed by atoms with van der Waals surface area (Å²) in [5, 5.41) is 6.03. The number of anilines is 1. The Morgan fingerprint density at radius 2 is 1.88 bits per heavy atom. The van der Waals surface area contributed by atoms with Crippen LogP contribution in [0.1, 0.15) is 23.0 Å². The Morgan fingerprint density at radius 1 is 1.09 bits per heavy atom. The number of benzene rings is 2. The maximum atomic E-state index is 13.9. The molecule has 34 heavy (non-hydrogen) atoms. The number of carbonyl (C=O) groups excluding carboxylic acids is 2. The second-order valence-electron chi connectivity index (χ2n) is 8.42. The Bertz CT molecular complexity index is 1380. The Labute approximate surface area is 201 Å². The van der Waals surface area contributed by atoms with Crippen molar-refractivity contribution in [1.82, 2.24) is 9.88 Å². The number of hydrogen-bond acceptors (Lipinski definition) is 5. The molecule has 0 saturated carbocycles. The number of ether oxygens (including phenoxy) is 2. The highest BCUT2D eigenvalue weighted by atomic mass is 32.1. The van der Waals surface area contributed by atoms with Gasteiger partial charge in [0.1, 0.15) is 27.6 Å². The van der Waals surface area contributed by atoms with E-state index < -0.39 is 5.54 Å². The normalized spacial score (nSPS) is 17.5. The van der Waals surface area contributed by atoms with E-state index in [2.05, 4.69) is 5.32 Å². The molecule has 1 aliphatic rings. The standard InChI is InChI=1S/C26H25N3O4S/c1-26(25(31)27-15-17-7-5-4-6-8-17)16-28-21(13-18-11-12-34-24(18)28)23(30)29(26)20-10-9-19(32-2)14-22(20)33-3/h4-14H,15-16H2,1-3H3,(H,27,31)/t26-/m0/s1. The fourth-order valence-corrected chi connectivity index (χ4v) is 5.41. The second-order valence-corrected chi connectivity index (χ2v) is 9.31. The summed E-state index contributed by atoms with van der Waals surface area (Å²) in [6.45, 7) is 2.48. The fourth-order valence-electron chi connectivity index (χ4n) is 4.51. The molecule has 2 aromatic heterocycles. The lowest BCUT2D eigenvalue weighted by molar-refractivity contribution is -0.126. The Hall–Kier alpha value is -3.78. The molecule has 0 unspecified atom stereocenters. The number of hydrogen-bond donors (Lipinski definition) is 1. The van der Waals surface area contributed by atoms with Crippen LogP contribution < -0.4 is 19.7 Å². The van der Waals surface area contributed by atoms with E-state index in [1.165, 1.54) is 7.11 Å². The molecule has 0 spiro atoms. The zero-order valence-electron chi connectivity index (χ0n) is 19.2. The molecule has 2 aromatic carbocycles. The van der Waals surface area contributed by atoms with Crippen LogP contribution >= 0.6 is 11.3 Å². The van der Waals surface area contributed by atoms with Crippen LogP contribution in [0.3, 0.4) is 0 Å². The summed E-state index contributed by atoms with van der Waals surface area (Å²) in [7, 11) is 3.11. The molecule has 0 fully saturated rings. The number of amides is 2. The summed E-state index contributed by atoms with van der Waals surface area (Å²) < 4.78 is 12.9. The van der Waals surface area contributed by atoms with Gasteiger partial charge in [0.15, 0.2) is 0 Å². The molecule has 1 N–H and O–H groups in total. The molecule has 174 valence electrons. The van der Waals surface area contributed by atoms with Gasteiger partial charge in [-0.1, -0.05) is 30.3 Å². The van der Waals surface area contributed by atoms with Crippen LogP contribution in [0, 0.1) is 0 Å². The quantitative estimate of drug-likeness (QED) is 0.447. The van der Waals surface area contributed by atoms with E-state index in [0.29, 0.717) is 36.0 Å². The van der Waals surface area contributed by atoms with Crippen LogP contribution in [0.15, 0.2) is 66.0 Å². The number of nitrogens with one attached hydrogen (secondary N) is 1. The summed E-state index contributed by atoms with van der Waals surface area (Å²) in [6, 6.07) is 18.8. The molecule has 0 aliphatic carbocycles. The molecule has 3 heterocycles. The number of rotatable bonds is 6. The molecule has 0 bridgehead atoms. The summed E-state index contributed by atoms with van der Waals surface area (Å²) in [6.07, 6.45) is 0. The van der Waals surface area contributed by atoms with Gasteiger partial charge in [0.25, 0.3) is 5.91 Å². The van der Waals surface area contributed by atoms with Gasteiger partial charge in [-0.05, 0) is 42.1 Å². The van der Waals surface area contributed by atoms with Crippen LogP contribution in [0.4, 0.5) is 5.69 Å². The molecule has 4 aromatic rings. The third kappa shape index (κ3) is 3.51. The maximum absolute atomic E-state index is 13.9. The molecule has 1 aliphatic heterocycles. The first-order valence-electron chi connectivity index (χ1n) is 10.9. The van der Waals surface area contributed by atoms with E-state index in [1.807, 2.05) is 52.4 Å². The van der Waals surface area contributed by atoms with Crippen LogP contribution in [0.2, 0.25) is 0 Å². The van der Waals surface area contributed by atoms with Gasteiger partial charge in [-0.25, -0.2) is 0 Å². The van der Waals surface area contributed by atoms with Crippen molar-refractivity contribution in [3.8, 4) is 11.5 Å². The predicted octanol–water partition coefficient (Wildman–Crippen LogP) is 4.46. The van der Waals surface area contributed by atoms with Crippen LogP contribution in [0.25, 0.3) is 10.2 Å². The third-order valence-corrected chi connectivity index (χ3v) is 7.25. The lowest BCUT2D eigenvalue weighted by Crippen LogP contribution is -2.64. The summed E-state index contributed by atoms with van der Waals surface area (Å²) in [5.41, 5.74) is 0.850. The van der Waals surface area contributed by atoms with E-state index in [9.17, 15) is 9.59 Å². The monoisotopic (exact) mass is 475 g/mol. The van der Waals surface area contributed by atoms with E-state index in [1.54, 1.807) is 48.5 Å². The molecular formula is C26H25N3O4S. The molecule has 0 radical (unpaired) electrons. The molecule has 8 heteroatoms. The van der Waals surface area contributed by atoms with Gasteiger partial charge in [-0.15, -0.1) is 11.3 Å². The Kier molecular flexibility index (Phi) is 5.53. The van der Waals surface area contributed by atoms with Crippen molar-refractivity contribution in [2.24, 2.45) is 0 Å². The number of fused-ring (bicyclic) bond motifs is 3. The third-order valence-electron chi connectivity index (χ3n) is 6.30. The van der Waals surface area contributed by atoms with Crippen LogP contribution in [-0.2, 0) is 17.9 Å². The van der Waals surface area contributed by atoms with Gasteiger partial charge < -0.3 is 19.4 Å². The molecule has 0 saturated heterocycles. The molecular weight excluding hydrogens is 450 g/mol. The minimum absolute atomic E-state index is 0.244. The number of nitrogens with zero attached hydrogens (tertiary/aromatic N) is 2. The van der Waals surface area contributed by atoms with Gasteiger partial charge >= 0.3 is 0 Å². The smallest absolute Gasteiger partial charge is 0.276 e. The minimum atomic E-state index is -1.20. The van der Waals surface area contributed by atoms with E-state index >= 15 is 0 Å². The summed E-state index contributed by atoms with van der Waals surface area (Å²) in [5.74, 6) is 0.558. The van der Waals surface area contributed by atoms with E-state index in [-0.39, 0.29) is 11.8 Å². The first-order valence-corrected chi connectivity index (χ1v) is 11.8. The van der Waals surface area contributed by atoms with Gasteiger partial charge in [0, 0.05) is 18.0 Å². The second kappa shape index (κ2) is 8.53. The fraction of sp³-hybridized carbons (Fsp3) is 0.231. The molecule has 5 rings (SSSR count). The number of methoxy groups -OCH3 is 2. The average molecular weight is 476 g/mol. The topological polar surface area (TPSA) is 72.8 Å². The first kappa shape index (κ1) is 22.0. The first-order chi connectivity index (χ1) is 16.5. The SMILES string of the molecule is COc1ccc(N2C(=O)c3cc4ccsc4n3C[C@@]2(C)C(=O)NCc2ccccc2)c(OC)c1. The molecule has 2 amide bonds. The zero-order valence-corrected chi connectivity index (χ0v) is 20.0. The van der Waals surface area contributed by atoms with Crippen LogP contribution in [-0.4, -0.2) is 36.1 Å². The number of thiophene rings is 1. The highest BCUT2D eigenvalue weighted by molar-refractivity contribution is 7.16.